The Balaban J connectivity index is 0.00000249. The van der Waals surface area contributed by atoms with Gasteiger partial charge in [-0.15, -0.1) is 0 Å². The fourth-order valence-corrected chi connectivity index (χ4v) is 2.69. The standard InChI is InChI=1S/C21H29N7O2.C2H6/c1-5-14(7-6-12(2)3)15-8-9-16(26-15)20(30)28-17(10-24-21(22)23)19-25-13(4)18(11-29)27-19;1-2/h5-9,17,26,29H,1,10-11H2,2-4H3,(H,25,27)(H,28,30)(H4,22,23,24);1-2H3/b14-7+;. The van der Waals surface area contributed by atoms with Gasteiger partial charge in [0.05, 0.1) is 18.8 Å². The Labute approximate surface area is 189 Å². The molecular formula is C23H35N7O2. The van der Waals surface area contributed by atoms with Crippen LogP contribution in [0.25, 0.3) is 5.57 Å². The molecule has 0 saturated carbocycles. The van der Waals surface area contributed by atoms with Crippen LogP contribution in [0.2, 0.25) is 0 Å². The van der Waals surface area contributed by atoms with Crippen LogP contribution in [0.15, 0.2) is 47.5 Å². The number of hydrogen-bond donors (Lipinski definition) is 6. The number of allylic oxidation sites excluding steroid dienone is 5. The van der Waals surface area contributed by atoms with Crippen LogP contribution in [-0.2, 0) is 6.61 Å². The van der Waals surface area contributed by atoms with Gasteiger partial charge in [0.1, 0.15) is 17.6 Å². The number of nitrogens with two attached hydrogens (primary N) is 2. The molecule has 2 rings (SSSR count). The number of aromatic amines is 2. The molecule has 1 unspecified atom stereocenters. The van der Waals surface area contributed by atoms with Crippen molar-refractivity contribution in [3.63, 3.8) is 0 Å². The van der Waals surface area contributed by atoms with Crippen molar-refractivity contribution in [1.82, 2.24) is 20.3 Å². The predicted molar refractivity (Wildman–Crippen MR) is 130 cm³/mol. The first-order chi connectivity index (χ1) is 15.2. The quantitative estimate of drug-likeness (QED) is 0.200. The number of aliphatic hydroxyl groups excluding tert-OH is 1. The Kier molecular flexibility index (Phi) is 10.7. The number of aliphatic hydroxyl groups is 1. The third-order valence-corrected chi connectivity index (χ3v) is 4.30. The van der Waals surface area contributed by atoms with Gasteiger partial charge in [-0.3, -0.25) is 9.79 Å². The molecule has 8 N–H and O–H groups in total. The van der Waals surface area contributed by atoms with Gasteiger partial charge in [0.2, 0.25) is 0 Å². The summed E-state index contributed by atoms with van der Waals surface area (Å²) in [5, 5.41) is 12.3. The van der Waals surface area contributed by atoms with Crippen LogP contribution in [0.3, 0.4) is 0 Å². The first kappa shape index (κ1) is 26.4. The zero-order valence-electron chi connectivity index (χ0n) is 19.5. The van der Waals surface area contributed by atoms with E-state index in [2.05, 4.69) is 31.8 Å². The number of nitrogens with zero attached hydrogens (tertiary/aromatic N) is 2. The summed E-state index contributed by atoms with van der Waals surface area (Å²) in [5.74, 6) is 0.0151. The second-order valence-electron chi connectivity index (χ2n) is 7.00. The van der Waals surface area contributed by atoms with Gasteiger partial charge in [-0.25, -0.2) is 4.98 Å². The van der Waals surface area contributed by atoms with E-state index in [0.717, 1.165) is 16.8 Å². The zero-order valence-corrected chi connectivity index (χ0v) is 19.5. The monoisotopic (exact) mass is 441 g/mol. The maximum Gasteiger partial charge on any atom is 0.268 e. The van der Waals surface area contributed by atoms with E-state index >= 15 is 0 Å². The first-order valence-electron chi connectivity index (χ1n) is 10.4. The number of nitrogens with one attached hydrogen (secondary N) is 3. The van der Waals surface area contributed by atoms with E-state index in [9.17, 15) is 9.90 Å². The Morgan fingerprint density at radius 3 is 2.44 bits per heavy atom. The minimum absolute atomic E-state index is 0.0951. The molecule has 32 heavy (non-hydrogen) atoms. The molecule has 0 radical (unpaired) electrons. The summed E-state index contributed by atoms with van der Waals surface area (Å²) in [5.41, 5.74) is 15.2. The fraction of sp³-hybridized carbons (Fsp3) is 0.348. The Morgan fingerprint density at radius 2 is 1.91 bits per heavy atom. The van der Waals surface area contributed by atoms with Crippen LogP contribution >= 0.6 is 0 Å². The molecule has 0 spiro atoms. The molecule has 2 aromatic heterocycles. The van der Waals surface area contributed by atoms with Crippen molar-refractivity contribution in [2.24, 2.45) is 16.5 Å². The van der Waals surface area contributed by atoms with E-state index in [4.69, 9.17) is 11.5 Å². The highest BCUT2D eigenvalue weighted by atomic mass is 16.3. The summed E-state index contributed by atoms with van der Waals surface area (Å²) in [7, 11) is 0. The van der Waals surface area contributed by atoms with E-state index in [1.54, 1.807) is 19.1 Å². The van der Waals surface area contributed by atoms with Gasteiger partial charge in [-0.1, -0.05) is 44.2 Å². The van der Waals surface area contributed by atoms with Crippen molar-refractivity contribution >= 4 is 17.4 Å². The van der Waals surface area contributed by atoms with E-state index < -0.39 is 6.04 Å². The van der Waals surface area contributed by atoms with Gasteiger partial charge in [-0.2, -0.15) is 0 Å². The second kappa shape index (κ2) is 13.0. The van der Waals surface area contributed by atoms with Gasteiger partial charge in [0.25, 0.3) is 5.91 Å². The molecule has 0 aliphatic heterocycles. The maximum atomic E-state index is 12.8. The van der Waals surface area contributed by atoms with Crippen LogP contribution in [0.1, 0.15) is 67.1 Å². The summed E-state index contributed by atoms with van der Waals surface area (Å²) >= 11 is 0. The number of guanidine groups is 1. The van der Waals surface area contributed by atoms with Gasteiger partial charge in [-0.05, 0) is 38.5 Å². The predicted octanol–water partition coefficient (Wildman–Crippen LogP) is 2.84. The molecule has 1 atom stereocenters. The number of aliphatic imine (C=N–C) groups is 1. The van der Waals surface area contributed by atoms with Crippen LogP contribution in [0, 0.1) is 6.92 Å². The fourth-order valence-electron chi connectivity index (χ4n) is 2.69. The third-order valence-electron chi connectivity index (χ3n) is 4.30. The lowest BCUT2D eigenvalue weighted by molar-refractivity contribution is 0.0932. The van der Waals surface area contributed by atoms with Crippen molar-refractivity contribution < 1.29 is 9.90 Å². The average molecular weight is 442 g/mol. The van der Waals surface area contributed by atoms with E-state index in [-0.39, 0.29) is 25.0 Å². The Bertz CT molecular complexity index is 988. The molecule has 1 amide bonds. The molecule has 2 aromatic rings. The molecule has 0 aromatic carbocycles. The van der Waals surface area contributed by atoms with E-state index in [1.807, 2.05) is 45.9 Å². The van der Waals surface area contributed by atoms with Crippen molar-refractivity contribution in [2.45, 2.75) is 47.3 Å². The normalized spacial score (nSPS) is 11.6. The van der Waals surface area contributed by atoms with Crippen LogP contribution in [0.4, 0.5) is 0 Å². The van der Waals surface area contributed by atoms with Crippen molar-refractivity contribution in [3.05, 3.63) is 71.1 Å². The highest BCUT2D eigenvalue weighted by Crippen LogP contribution is 2.18. The van der Waals surface area contributed by atoms with Crippen molar-refractivity contribution in [2.75, 3.05) is 6.54 Å². The number of carbonyl (C=O) groups is 1. The molecule has 0 fully saturated rings. The van der Waals surface area contributed by atoms with Gasteiger partial charge in [0.15, 0.2) is 5.96 Å². The third kappa shape index (κ3) is 7.59. The molecule has 174 valence electrons. The maximum absolute atomic E-state index is 12.8. The number of imidazole rings is 1. The highest BCUT2D eigenvalue weighted by Gasteiger charge is 2.21. The SMILES string of the molecule is C=C/C(=C\C=C(C)C)c1ccc(C(=O)NC(CN=C(N)N)c2nc(CO)c(C)[nH]2)[nH]1.CC. The number of hydrogen-bond acceptors (Lipinski definition) is 4. The molecule has 9 heteroatoms. The summed E-state index contributed by atoms with van der Waals surface area (Å²) < 4.78 is 0. The van der Waals surface area contributed by atoms with Gasteiger partial charge >= 0.3 is 0 Å². The molecule has 0 aliphatic carbocycles. The lowest BCUT2D eigenvalue weighted by atomic mass is 10.1. The second-order valence-corrected chi connectivity index (χ2v) is 7.00. The van der Waals surface area contributed by atoms with Crippen molar-refractivity contribution in [3.8, 4) is 0 Å². The largest absolute Gasteiger partial charge is 0.390 e. The summed E-state index contributed by atoms with van der Waals surface area (Å²) in [6, 6.07) is 2.90. The number of carbonyl (C=O) groups excluding carboxylic acids is 1. The lowest BCUT2D eigenvalue weighted by Gasteiger charge is -2.14. The minimum Gasteiger partial charge on any atom is -0.390 e. The summed E-state index contributed by atoms with van der Waals surface area (Å²) in [6.07, 6.45) is 5.62. The average Bonchev–Trinajstić information content (AvgIpc) is 3.39. The van der Waals surface area contributed by atoms with Crippen LogP contribution < -0.4 is 16.8 Å². The molecule has 2 heterocycles. The Hall–Kier alpha value is -3.59. The smallest absolute Gasteiger partial charge is 0.268 e. The molecule has 0 saturated heterocycles. The number of rotatable bonds is 9. The number of aromatic nitrogens is 3. The van der Waals surface area contributed by atoms with Gasteiger partial charge in [0, 0.05) is 11.4 Å². The topological polar surface area (TPSA) is 158 Å². The first-order valence-corrected chi connectivity index (χ1v) is 10.4. The number of H-pyrrole nitrogens is 2. The lowest BCUT2D eigenvalue weighted by Crippen LogP contribution is -2.33. The van der Waals surface area contributed by atoms with Crippen LogP contribution in [0.5, 0.6) is 0 Å². The Morgan fingerprint density at radius 1 is 1.25 bits per heavy atom. The summed E-state index contributed by atoms with van der Waals surface area (Å²) in [6.45, 7) is 13.5. The van der Waals surface area contributed by atoms with Gasteiger partial charge < -0.3 is 31.9 Å². The number of amides is 1. The van der Waals surface area contributed by atoms with E-state index in [0.29, 0.717) is 22.9 Å². The zero-order chi connectivity index (χ0) is 24.3. The van der Waals surface area contributed by atoms with Crippen molar-refractivity contribution in [1.29, 1.82) is 0 Å². The van der Waals surface area contributed by atoms with E-state index in [1.165, 1.54) is 0 Å². The molecular weight excluding hydrogens is 406 g/mol. The minimum atomic E-state index is -0.606. The molecule has 0 aliphatic rings. The molecule has 9 nitrogen and oxygen atoms in total. The summed E-state index contributed by atoms with van der Waals surface area (Å²) in [4.78, 5) is 27.3. The molecule has 0 bridgehead atoms. The number of aryl methyl sites for hydroxylation is 1. The van der Waals surface area contributed by atoms with Crippen LogP contribution in [-0.4, -0.2) is 38.5 Å². The highest BCUT2D eigenvalue weighted by molar-refractivity contribution is 5.93.